The molecule has 31 heavy (non-hydrogen) atoms. The number of benzene rings is 1. The van der Waals surface area contributed by atoms with E-state index in [0.717, 1.165) is 0 Å². The predicted molar refractivity (Wildman–Crippen MR) is 118 cm³/mol. The van der Waals surface area contributed by atoms with Crippen LogP contribution >= 0.6 is 11.3 Å². The van der Waals surface area contributed by atoms with E-state index in [0.29, 0.717) is 33.3 Å². The molecule has 0 radical (unpaired) electrons. The molecular formula is C21H27N3O5S2. The highest BCUT2D eigenvalue weighted by Gasteiger charge is 2.48. The molecule has 10 heteroatoms. The molecule has 0 spiro atoms. The van der Waals surface area contributed by atoms with Gasteiger partial charge < -0.3 is 14.9 Å². The van der Waals surface area contributed by atoms with Crippen molar-refractivity contribution in [2.75, 3.05) is 7.11 Å². The Kier molecular flexibility index (Phi) is 5.20. The SMILES string of the molecule is CC[C@]1(O)C[C@H](S(=O)(=O)c2cc(-c3c(C)nc4sc(C(C)(C)O)nn34)ccc2OC)C1. The lowest BCUT2D eigenvalue weighted by atomic mass is 9.78. The molecule has 0 atom stereocenters. The van der Waals surface area contributed by atoms with E-state index in [1.807, 2.05) is 13.8 Å². The topological polar surface area (TPSA) is 114 Å². The fraction of sp³-hybridized carbons (Fsp3) is 0.524. The molecule has 1 aliphatic rings. The van der Waals surface area contributed by atoms with E-state index in [2.05, 4.69) is 10.1 Å². The first-order valence-electron chi connectivity index (χ1n) is 10.1. The molecule has 1 saturated carbocycles. The van der Waals surface area contributed by atoms with Crippen molar-refractivity contribution in [1.82, 2.24) is 14.6 Å². The van der Waals surface area contributed by atoms with Gasteiger partial charge in [-0.2, -0.15) is 5.10 Å². The number of aliphatic hydroxyl groups is 2. The van der Waals surface area contributed by atoms with Crippen LogP contribution in [0.1, 0.15) is 50.7 Å². The Labute approximate surface area is 185 Å². The molecule has 0 unspecified atom stereocenters. The smallest absolute Gasteiger partial charge is 0.213 e. The molecule has 1 fully saturated rings. The van der Waals surface area contributed by atoms with Gasteiger partial charge in [-0.25, -0.2) is 17.9 Å². The van der Waals surface area contributed by atoms with Crippen molar-refractivity contribution in [3.8, 4) is 17.0 Å². The summed E-state index contributed by atoms with van der Waals surface area (Å²) in [6.07, 6.45) is 0.961. The molecule has 4 rings (SSSR count). The molecule has 0 aliphatic heterocycles. The van der Waals surface area contributed by atoms with Crippen molar-refractivity contribution in [3.05, 3.63) is 28.9 Å². The summed E-state index contributed by atoms with van der Waals surface area (Å²) in [5, 5.41) is 25.0. The number of ether oxygens (including phenoxy) is 1. The predicted octanol–water partition coefficient (Wildman–Crippen LogP) is 3.08. The summed E-state index contributed by atoms with van der Waals surface area (Å²) in [4.78, 5) is 5.27. The minimum Gasteiger partial charge on any atom is -0.495 e. The number of sulfone groups is 1. The fourth-order valence-electron chi connectivity index (χ4n) is 3.95. The van der Waals surface area contributed by atoms with Crippen molar-refractivity contribution >= 4 is 26.1 Å². The minimum atomic E-state index is -3.70. The van der Waals surface area contributed by atoms with Gasteiger partial charge in [0.2, 0.25) is 4.96 Å². The van der Waals surface area contributed by atoms with Gasteiger partial charge in [-0.1, -0.05) is 18.3 Å². The quantitative estimate of drug-likeness (QED) is 0.575. The molecule has 8 nitrogen and oxygen atoms in total. The van der Waals surface area contributed by atoms with Crippen LogP contribution in [0.15, 0.2) is 23.1 Å². The van der Waals surface area contributed by atoms with Crippen LogP contribution in [0.4, 0.5) is 0 Å². The summed E-state index contributed by atoms with van der Waals surface area (Å²) in [5.74, 6) is 0.268. The highest BCUT2D eigenvalue weighted by atomic mass is 32.2. The summed E-state index contributed by atoms with van der Waals surface area (Å²) in [5.41, 5.74) is -0.00372. The van der Waals surface area contributed by atoms with Crippen molar-refractivity contribution < 1.29 is 23.4 Å². The maximum Gasteiger partial charge on any atom is 0.213 e. The molecule has 0 saturated heterocycles. The fourth-order valence-corrected chi connectivity index (χ4v) is 7.04. The van der Waals surface area contributed by atoms with Gasteiger partial charge in [-0.05, 0) is 58.2 Å². The van der Waals surface area contributed by atoms with E-state index in [4.69, 9.17) is 4.74 Å². The van der Waals surface area contributed by atoms with Crippen molar-refractivity contribution in [3.63, 3.8) is 0 Å². The maximum absolute atomic E-state index is 13.3. The van der Waals surface area contributed by atoms with Crippen LogP contribution in [0.2, 0.25) is 0 Å². The summed E-state index contributed by atoms with van der Waals surface area (Å²) < 4.78 is 33.7. The third kappa shape index (κ3) is 3.65. The normalized spacial score (nSPS) is 22.0. The Morgan fingerprint density at radius 2 is 2.03 bits per heavy atom. The first-order valence-corrected chi connectivity index (χ1v) is 12.5. The Balaban J connectivity index is 1.82. The largest absolute Gasteiger partial charge is 0.495 e. The second-order valence-electron chi connectivity index (χ2n) is 8.73. The van der Waals surface area contributed by atoms with Crippen LogP contribution in [0.5, 0.6) is 5.75 Å². The molecule has 0 amide bonds. The number of imidazole rings is 1. The lowest BCUT2D eigenvalue weighted by Gasteiger charge is -2.42. The van der Waals surface area contributed by atoms with Gasteiger partial charge in [0.1, 0.15) is 21.3 Å². The zero-order valence-electron chi connectivity index (χ0n) is 18.2. The van der Waals surface area contributed by atoms with E-state index in [-0.39, 0.29) is 23.5 Å². The molecule has 168 valence electrons. The van der Waals surface area contributed by atoms with E-state index in [1.54, 1.807) is 36.6 Å². The molecule has 2 aromatic heterocycles. The number of aromatic nitrogens is 3. The van der Waals surface area contributed by atoms with Gasteiger partial charge in [0.25, 0.3) is 0 Å². The number of hydrogen-bond acceptors (Lipinski definition) is 8. The van der Waals surface area contributed by atoms with E-state index >= 15 is 0 Å². The van der Waals surface area contributed by atoms with Crippen molar-refractivity contribution in [1.29, 1.82) is 0 Å². The Bertz CT molecular complexity index is 1250. The number of fused-ring (bicyclic) bond motifs is 1. The molecule has 2 heterocycles. The number of hydrogen-bond donors (Lipinski definition) is 2. The van der Waals surface area contributed by atoms with Gasteiger partial charge in [-0.3, -0.25) is 0 Å². The lowest BCUT2D eigenvalue weighted by molar-refractivity contribution is -0.0329. The standard InChI is InChI=1S/C21H27N3O5S2/c1-6-21(26)10-14(11-21)31(27,28)16-9-13(7-8-15(16)29-5)17-12(2)22-19-24(17)23-18(30-19)20(3,4)25/h7-9,14,25-26H,6,10-11H2,1-5H3/t14-,21-. The number of rotatable bonds is 6. The number of nitrogens with zero attached hydrogens (tertiary/aromatic N) is 3. The molecular weight excluding hydrogens is 438 g/mol. The van der Waals surface area contributed by atoms with Gasteiger partial charge in [0, 0.05) is 5.56 Å². The Morgan fingerprint density at radius 1 is 1.35 bits per heavy atom. The summed E-state index contributed by atoms with van der Waals surface area (Å²) in [6, 6.07) is 5.01. The Hall–Kier alpha value is -2.01. The molecule has 1 aliphatic carbocycles. The highest BCUT2D eigenvalue weighted by molar-refractivity contribution is 7.92. The highest BCUT2D eigenvalue weighted by Crippen LogP contribution is 2.44. The molecule has 3 aromatic rings. The minimum absolute atomic E-state index is 0.0999. The monoisotopic (exact) mass is 465 g/mol. The molecule has 1 aromatic carbocycles. The molecule has 0 bridgehead atoms. The molecule has 2 N–H and O–H groups in total. The van der Waals surface area contributed by atoms with Gasteiger partial charge in [-0.15, -0.1) is 0 Å². The Morgan fingerprint density at radius 3 is 2.61 bits per heavy atom. The summed E-state index contributed by atoms with van der Waals surface area (Å²) in [7, 11) is -2.26. The van der Waals surface area contributed by atoms with E-state index < -0.39 is 26.3 Å². The third-order valence-corrected chi connectivity index (χ3v) is 9.32. The number of aryl methyl sites for hydroxylation is 1. The maximum atomic E-state index is 13.3. The zero-order chi connectivity index (χ0) is 22.8. The van der Waals surface area contributed by atoms with Crippen LogP contribution in [0.3, 0.4) is 0 Å². The summed E-state index contributed by atoms with van der Waals surface area (Å²) in [6.45, 7) is 7.01. The van der Waals surface area contributed by atoms with E-state index in [1.165, 1.54) is 18.4 Å². The first kappa shape index (κ1) is 22.2. The first-order chi connectivity index (χ1) is 14.4. The third-order valence-electron chi connectivity index (χ3n) is 5.96. The van der Waals surface area contributed by atoms with Crippen LogP contribution in [-0.2, 0) is 15.4 Å². The average molecular weight is 466 g/mol. The second kappa shape index (κ2) is 7.26. The van der Waals surface area contributed by atoms with Crippen LogP contribution < -0.4 is 4.74 Å². The van der Waals surface area contributed by atoms with Crippen LogP contribution in [-0.4, -0.2) is 51.2 Å². The van der Waals surface area contributed by atoms with Crippen molar-refractivity contribution in [2.45, 2.75) is 68.3 Å². The van der Waals surface area contributed by atoms with E-state index in [9.17, 15) is 18.6 Å². The van der Waals surface area contributed by atoms with Gasteiger partial charge >= 0.3 is 0 Å². The van der Waals surface area contributed by atoms with Crippen molar-refractivity contribution in [2.24, 2.45) is 0 Å². The van der Waals surface area contributed by atoms with Gasteiger partial charge in [0.05, 0.1) is 29.3 Å². The lowest BCUT2D eigenvalue weighted by Crippen LogP contribution is -2.50. The number of methoxy groups -OCH3 is 1. The second-order valence-corrected chi connectivity index (χ2v) is 11.9. The zero-order valence-corrected chi connectivity index (χ0v) is 19.8. The van der Waals surface area contributed by atoms with Gasteiger partial charge in [0.15, 0.2) is 9.84 Å². The van der Waals surface area contributed by atoms with Crippen LogP contribution in [0, 0.1) is 6.92 Å². The summed E-state index contributed by atoms with van der Waals surface area (Å²) >= 11 is 1.29. The average Bonchev–Trinajstić information content (AvgIpc) is 3.21. The van der Waals surface area contributed by atoms with Crippen LogP contribution in [0.25, 0.3) is 16.2 Å².